The van der Waals surface area contributed by atoms with Gasteiger partial charge >= 0.3 is 0 Å². The normalized spacial score (nSPS) is 19.3. The number of aryl methyl sites for hydroxylation is 1. The number of nitrogens with one attached hydrogen (secondary N) is 1. The zero-order chi connectivity index (χ0) is 17.7. The molecule has 26 heavy (non-hydrogen) atoms. The predicted octanol–water partition coefficient (Wildman–Crippen LogP) is 3.29. The van der Waals surface area contributed by atoms with Crippen LogP contribution in [-0.4, -0.2) is 40.2 Å². The van der Waals surface area contributed by atoms with Crippen LogP contribution in [0.4, 0.5) is 11.4 Å². The minimum Gasteiger partial charge on any atom is -0.365 e. The Hall–Kier alpha value is -2.89. The number of benzene rings is 1. The molecule has 0 spiro atoms. The quantitative estimate of drug-likeness (QED) is 0.734. The second kappa shape index (κ2) is 5.83. The van der Waals surface area contributed by atoms with Gasteiger partial charge in [-0.25, -0.2) is 4.98 Å². The molecule has 0 radical (unpaired) electrons. The van der Waals surface area contributed by atoms with Crippen LogP contribution in [0, 0.1) is 6.92 Å². The highest BCUT2D eigenvalue weighted by molar-refractivity contribution is 6.09. The van der Waals surface area contributed by atoms with Crippen LogP contribution >= 0.6 is 0 Å². The molecule has 6 heteroatoms. The van der Waals surface area contributed by atoms with Gasteiger partial charge in [0.05, 0.1) is 16.9 Å². The molecule has 2 aliphatic rings. The molecule has 6 nitrogen and oxygen atoms in total. The number of nitrogens with zero attached hydrogens (tertiary/aromatic N) is 4. The molecule has 4 heterocycles. The number of fused-ring (bicyclic) bond motifs is 4. The van der Waals surface area contributed by atoms with Gasteiger partial charge in [-0.1, -0.05) is 12.1 Å². The molecule has 1 amide bonds. The van der Waals surface area contributed by atoms with Crippen molar-refractivity contribution < 1.29 is 4.79 Å². The number of carbonyl (C=O) groups excluding carboxylic acids is 1. The first-order valence-electron chi connectivity index (χ1n) is 9.20. The Morgan fingerprint density at radius 2 is 2.08 bits per heavy atom. The van der Waals surface area contributed by atoms with Gasteiger partial charge in [-0.05, 0) is 44.4 Å². The molecule has 2 aromatic heterocycles. The van der Waals surface area contributed by atoms with E-state index in [0.29, 0.717) is 17.3 Å². The average Bonchev–Trinajstić information content (AvgIpc) is 3.07. The van der Waals surface area contributed by atoms with Crippen LogP contribution in [0.2, 0.25) is 0 Å². The van der Waals surface area contributed by atoms with Gasteiger partial charge in [0.15, 0.2) is 5.65 Å². The number of aromatic nitrogens is 3. The van der Waals surface area contributed by atoms with E-state index in [1.165, 1.54) is 18.5 Å². The van der Waals surface area contributed by atoms with Crippen LogP contribution in [0.5, 0.6) is 0 Å². The number of aromatic amines is 1. The number of para-hydroxylation sites is 2. The van der Waals surface area contributed by atoms with E-state index in [-0.39, 0.29) is 5.91 Å². The van der Waals surface area contributed by atoms with Crippen LogP contribution in [0.15, 0.2) is 36.5 Å². The number of H-pyrrole nitrogens is 1. The minimum atomic E-state index is 0.0117. The van der Waals surface area contributed by atoms with E-state index in [9.17, 15) is 4.79 Å². The molecule has 5 rings (SSSR count). The third kappa shape index (κ3) is 2.29. The van der Waals surface area contributed by atoms with E-state index < -0.39 is 0 Å². The molecule has 1 aromatic carbocycles. The summed E-state index contributed by atoms with van der Waals surface area (Å²) in [6.07, 6.45) is 5.23. The van der Waals surface area contributed by atoms with Crippen molar-refractivity contribution in [1.82, 2.24) is 15.2 Å². The fourth-order valence-electron chi connectivity index (χ4n) is 4.24. The van der Waals surface area contributed by atoms with Crippen molar-refractivity contribution in [3.63, 3.8) is 0 Å². The predicted molar refractivity (Wildman–Crippen MR) is 102 cm³/mol. The first-order valence-corrected chi connectivity index (χ1v) is 9.20. The number of hydrogen-bond acceptors (Lipinski definition) is 4. The minimum absolute atomic E-state index is 0.0117. The van der Waals surface area contributed by atoms with Gasteiger partial charge in [0.1, 0.15) is 0 Å². The Bertz CT molecular complexity index is 995. The summed E-state index contributed by atoms with van der Waals surface area (Å²) in [6.45, 7) is 3.76. The summed E-state index contributed by atoms with van der Waals surface area (Å²) in [5, 5.41) is 7.99. The van der Waals surface area contributed by atoms with Gasteiger partial charge in [0.25, 0.3) is 5.91 Å². The van der Waals surface area contributed by atoms with Crippen LogP contribution in [0.25, 0.3) is 11.0 Å². The SMILES string of the molecule is Cc1[nH]nc2ncc(C(=O)N3CC4CCCCN4c4ccccc43)cc12. The van der Waals surface area contributed by atoms with Crippen LogP contribution in [0.3, 0.4) is 0 Å². The lowest BCUT2D eigenvalue weighted by Gasteiger charge is -2.46. The number of rotatable bonds is 1. The van der Waals surface area contributed by atoms with Crippen molar-refractivity contribution in [3.05, 3.63) is 47.8 Å². The lowest BCUT2D eigenvalue weighted by Crippen LogP contribution is -2.52. The van der Waals surface area contributed by atoms with Gasteiger partial charge in [-0.3, -0.25) is 9.89 Å². The van der Waals surface area contributed by atoms with E-state index in [0.717, 1.165) is 36.3 Å². The smallest absolute Gasteiger partial charge is 0.259 e. The molecule has 1 unspecified atom stereocenters. The number of carbonyl (C=O) groups is 1. The van der Waals surface area contributed by atoms with Gasteiger partial charge in [-0.2, -0.15) is 5.10 Å². The molecule has 0 saturated carbocycles. The number of anilines is 2. The van der Waals surface area contributed by atoms with E-state index in [1.807, 2.05) is 30.0 Å². The molecule has 2 aliphatic heterocycles. The summed E-state index contributed by atoms with van der Waals surface area (Å²) < 4.78 is 0. The highest BCUT2D eigenvalue weighted by atomic mass is 16.2. The molecule has 1 saturated heterocycles. The van der Waals surface area contributed by atoms with Gasteiger partial charge in [0.2, 0.25) is 0 Å². The molecule has 132 valence electrons. The highest BCUT2D eigenvalue weighted by Crippen LogP contribution is 2.39. The fourth-order valence-corrected chi connectivity index (χ4v) is 4.24. The lowest BCUT2D eigenvalue weighted by atomic mass is 9.96. The van der Waals surface area contributed by atoms with E-state index in [1.54, 1.807) is 6.20 Å². The van der Waals surface area contributed by atoms with Crippen LogP contribution in [-0.2, 0) is 0 Å². The summed E-state index contributed by atoms with van der Waals surface area (Å²) in [4.78, 5) is 22.1. The largest absolute Gasteiger partial charge is 0.365 e. The molecule has 3 aromatic rings. The second-order valence-electron chi connectivity index (χ2n) is 7.19. The standard InChI is InChI=1S/C20H21N5O/c1-13-16-10-14(11-21-19(16)23-22-13)20(26)25-12-15-6-4-5-9-24(15)17-7-2-3-8-18(17)25/h2-3,7-8,10-11,15H,4-6,9,12H2,1H3,(H,21,22,23). The Morgan fingerprint density at radius 1 is 1.23 bits per heavy atom. The Balaban J connectivity index is 1.57. The molecule has 0 bridgehead atoms. The summed E-state index contributed by atoms with van der Waals surface area (Å²) in [5.41, 5.74) is 4.36. The third-order valence-corrected chi connectivity index (χ3v) is 5.59. The number of pyridine rings is 1. The van der Waals surface area contributed by atoms with Crippen molar-refractivity contribution in [3.8, 4) is 0 Å². The fraction of sp³-hybridized carbons (Fsp3) is 0.350. The Kier molecular flexibility index (Phi) is 3.45. The van der Waals surface area contributed by atoms with Crippen LogP contribution < -0.4 is 9.80 Å². The third-order valence-electron chi connectivity index (χ3n) is 5.59. The second-order valence-corrected chi connectivity index (χ2v) is 7.19. The van der Waals surface area contributed by atoms with Gasteiger partial charge < -0.3 is 9.80 Å². The van der Waals surface area contributed by atoms with E-state index >= 15 is 0 Å². The Labute approximate surface area is 151 Å². The molecule has 0 aliphatic carbocycles. The van der Waals surface area contributed by atoms with Crippen LogP contribution in [0.1, 0.15) is 35.3 Å². The van der Waals surface area contributed by atoms with Crippen molar-refractivity contribution >= 4 is 28.3 Å². The first kappa shape index (κ1) is 15.4. The molecule has 1 fully saturated rings. The zero-order valence-corrected chi connectivity index (χ0v) is 14.8. The highest BCUT2D eigenvalue weighted by Gasteiger charge is 2.35. The number of piperidine rings is 1. The summed E-state index contributed by atoms with van der Waals surface area (Å²) >= 11 is 0. The van der Waals surface area contributed by atoms with Gasteiger partial charge in [0, 0.05) is 36.4 Å². The Morgan fingerprint density at radius 3 is 2.96 bits per heavy atom. The summed E-state index contributed by atoms with van der Waals surface area (Å²) in [5.74, 6) is 0.0117. The first-order chi connectivity index (χ1) is 12.7. The topological polar surface area (TPSA) is 65.1 Å². The maximum Gasteiger partial charge on any atom is 0.259 e. The van der Waals surface area contributed by atoms with Crippen molar-refractivity contribution in [2.45, 2.75) is 32.2 Å². The molecule has 1 atom stereocenters. The summed E-state index contributed by atoms with van der Waals surface area (Å²) in [6, 6.07) is 10.5. The summed E-state index contributed by atoms with van der Waals surface area (Å²) in [7, 11) is 0. The monoisotopic (exact) mass is 347 g/mol. The zero-order valence-electron chi connectivity index (χ0n) is 14.8. The maximum atomic E-state index is 13.4. The van der Waals surface area contributed by atoms with Gasteiger partial charge in [-0.15, -0.1) is 0 Å². The molecule has 1 N–H and O–H groups in total. The van der Waals surface area contributed by atoms with E-state index in [4.69, 9.17) is 0 Å². The maximum absolute atomic E-state index is 13.4. The van der Waals surface area contributed by atoms with E-state index in [2.05, 4.69) is 32.2 Å². The molecular weight excluding hydrogens is 326 g/mol. The van der Waals surface area contributed by atoms with Crippen molar-refractivity contribution in [1.29, 1.82) is 0 Å². The number of amides is 1. The number of hydrogen-bond donors (Lipinski definition) is 1. The average molecular weight is 347 g/mol. The van der Waals surface area contributed by atoms with Crippen molar-refractivity contribution in [2.24, 2.45) is 0 Å². The lowest BCUT2D eigenvalue weighted by molar-refractivity contribution is 0.0982. The molecular formula is C20H21N5O. The van der Waals surface area contributed by atoms with Crippen molar-refractivity contribution in [2.75, 3.05) is 22.9 Å².